The number of piperazine rings is 1. The van der Waals surface area contributed by atoms with Crippen molar-refractivity contribution in [3.05, 3.63) is 52.4 Å². The molecule has 1 saturated heterocycles. The Bertz CT molecular complexity index is 639. The van der Waals surface area contributed by atoms with Crippen LogP contribution in [-0.2, 0) is 0 Å². The molecule has 110 valence electrons. The summed E-state index contributed by atoms with van der Waals surface area (Å²) in [6.45, 7) is 5.38. The fourth-order valence-corrected chi connectivity index (χ4v) is 3.18. The van der Waals surface area contributed by atoms with Crippen molar-refractivity contribution in [3.63, 3.8) is 0 Å². The second-order valence-corrected chi connectivity index (χ2v) is 6.14. The lowest BCUT2D eigenvalue weighted by Gasteiger charge is -2.37. The van der Waals surface area contributed by atoms with Crippen molar-refractivity contribution >= 4 is 27.4 Å². The number of rotatable bonds is 2. The summed E-state index contributed by atoms with van der Waals surface area (Å²) in [5, 5.41) is 0. The number of benzene rings is 1. The molecule has 1 aromatic heterocycles. The van der Waals surface area contributed by atoms with Crippen molar-refractivity contribution < 1.29 is 4.39 Å². The summed E-state index contributed by atoms with van der Waals surface area (Å²) in [4.78, 5) is 8.86. The number of hydrogen-bond acceptors (Lipinski definition) is 3. The molecule has 0 N–H and O–H groups in total. The number of para-hydroxylation sites is 1. The van der Waals surface area contributed by atoms with Crippen molar-refractivity contribution in [1.82, 2.24) is 4.98 Å². The highest BCUT2D eigenvalue weighted by Gasteiger charge is 2.21. The molecule has 0 aliphatic carbocycles. The molecular weight excluding hydrogens is 333 g/mol. The van der Waals surface area contributed by atoms with E-state index in [-0.39, 0.29) is 5.82 Å². The van der Waals surface area contributed by atoms with Gasteiger partial charge in [0.2, 0.25) is 0 Å². The minimum atomic E-state index is -0.149. The molecule has 0 spiro atoms. The summed E-state index contributed by atoms with van der Waals surface area (Å²) in [7, 11) is 0. The molecule has 1 aliphatic heterocycles. The third kappa shape index (κ3) is 3.02. The van der Waals surface area contributed by atoms with Gasteiger partial charge < -0.3 is 9.80 Å². The van der Waals surface area contributed by atoms with Gasteiger partial charge in [0, 0.05) is 36.8 Å². The van der Waals surface area contributed by atoms with Crippen molar-refractivity contribution in [3.8, 4) is 0 Å². The van der Waals surface area contributed by atoms with Crippen LogP contribution in [0.15, 0.2) is 41.0 Å². The van der Waals surface area contributed by atoms with Gasteiger partial charge in [-0.2, -0.15) is 0 Å². The topological polar surface area (TPSA) is 19.4 Å². The number of aryl methyl sites for hydroxylation is 1. The van der Waals surface area contributed by atoms with Crippen molar-refractivity contribution in [2.45, 2.75) is 6.92 Å². The Labute approximate surface area is 132 Å². The van der Waals surface area contributed by atoms with Crippen molar-refractivity contribution in [1.29, 1.82) is 0 Å². The van der Waals surface area contributed by atoms with Gasteiger partial charge in [-0.1, -0.05) is 12.1 Å². The second kappa shape index (κ2) is 6.02. The average molecular weight is 350 g/mol. The number of hydrogen-bond donors (Lipinski definition) is 0. The first-order chi connectivity index (χ1) is 10.1. The van der Waals surface area contributed by atoms with Gasteiger partial charge >= 0.3 is 0 Å². The van der Waals surface area contributed by atoms with Crippen LogP contribution in [0, 0.1) is 12.7 Å². The van der Waals surface area contributed by atoms with Gasteiger partial charge in [-0.3, -0.25) is 0 Å². The smallest absolute Gasteiger partial charge is 0.146 e. The van der Waals surface area contributed by atoms with E-state index in [4.69, 9.17) is 0 Å². The minimum Gasteiger partial charge on any atom is -0.366 e. The van der Waals surface area contributed by atoms with Crippen LogP contribution >= 0.6 is 15.9 Å². The summed E-state index contributed by atoms with van der Waals surface area (Å²) < 4.78 is 14.8. The number of halogens is 2. The van der Waals surface area contributed by atoms with E-state index in [1.807, 2.05) is 18.3 Å². The Morgan fingerprint density at radius 3 is 2.43 bits per heavy atom. The van der Waals surface area contributed by atoms with E-state index < -0.39 is 0 Å². The standard InChI is InChI=1S/C16H17BrFN3/c1-12-10-13(17)11-19-16(12)21-8-6-20(7-9-21)15-5-3-2-4-14(15)18/h2-5,10-11H,6-9H2,1H3. The predicted molar refractivity (Wildman–Crippen MR) is 87.5 cm³/mol. The summed E-state index contributed by atoms with van der Waals surface area (Å²) in [6, 6.07) is 9.04. The second-order valence-electron chi connectivity index (χ2n) is 5.22. The van der Waals surface area contributed by atoms with Crippen molar-refractivity contribution in [2.24, 2.45) is 0 Å². The minimum absolute atomic E-state index is 0.149. The lowest BCUT2D eigenvalue weighted by molar-refractivity contribution is 0.596. The lowest BCUT2D eigenvalue weighted by atomic mass is 10.2. The number of nitrogens with zero attached hydrogens (tertiary/aromatic N) is 3. The monoisotopic (exact) mass is 349 g/mol. The van der Waals surface area contributed by atoms with Crippen LogP contribution in [0.3, 0.4) is 0 Å². The van der Waals surface area contributed by atoms with Gasteiger partial charge in [0.1, 0.15) is 11.6 Å². The molecule has 2 heterocycles. The molecule has 1 aromatic carbocycles. The third-order valence-corrected chi connectivity index (χ3v) is 4.22. The fourth-order valence-electron chi connectivity index (χ4n) is 2.73. The number of pyridine rings is 1. The predicted octanol–water partition coefficient (Wildman–Crippen LogP) is 3.62. The van der Waals surface area contributed by atoms with Crippen LogP contribution in [0.2, 0.25) is 0 Å². The molecule has 3 nitrogen and oxygen atoms in total. The van der Waals surface area contributed by atoms with E-state index in [2.05, 4.69) is 43.7 Å². The van der Waals surface area contributed by atoms with Gasteiger partial charge in [-0.15, -0.1) is 0 Å². The number of anilines is 2. The van der Waals surface area contributed by atoms with E-state index >= 15 is 0 Å². The van der Waals surface area contributed by atoms with E-state index in [1.165, 1.54) is 6.07 Å². The molecule has 0 amide bonds. The van der Waals surface area contributed by atoms with Crippen LogP contribution in [0.5, 0.6) is 0 Å². The molecule has 0 radical (unpaired) electrons. The van der Waals surface area contributed by atoms with Crippen LogP contribution in [0.25, 0.3) is 0 Å². The molecule has 21 heavy (non-hydrogen) atoms. The maximum atomic E-state index is 13.8. The molecule has 0 bridgehead atoms. The zero-order chi connectivity index (χ0) is 14.8. The first kappa shape index (κ1) is 14.3. The van der Waals surface area contributed by atoms with Gasteiger partial charge in [0.25, 0.3) is 0 Å². The average Bonchev–Trinajstić information content (AvgIpc) is 2.48. The molecule has 0 saturated carbocycles. The van der Waals surface area contributed by atoms with Crippen LogP contribution in [0.4, 0.5) is 15.9 Å². The molecule has 2 aromatic rings. The fraction of sp³-hybridized carbons (Fsp3) is 0.312. The summed E-state index contributed by atoms with van der Waals surface area (Å²) in [5.74, 6) is 0.871. The SMILES string of the molecule is Cc1cc(Br)cnc1N1CCN(c2ccccc2F)CC1. The van der Waals surface area contributed by atoms with Crippen molar-refractivity contribution in [2.75, 3.05) is 36.0 Å². The Hall–Kier alpha value is -1.62. The van der Waals surface area contributed by atoms with E-state index in [0.29, 0.717) is 5.69 Å². The summed E-state index contributed by atoms with van der Waals surface area (Å²) in [5.41, 5.74) is 1.85. The maximum Gasteiger partial charge on any atom is 0.146 e. The first-order valence-electron chi connectivity index (χ1n) is 7.02. The van der Waals surface area contributed by atoms with Gasteiger partial charge in [0.15, 0.2) is 0 Å². The van der Waals surface area contributed by atoms with Gasteiger partial charge in [-0.05, 0) is 46.6 Å². The molecule has 0 atom stereocenters. The maximum absolute atomic E-state index is 13.8. The quantitative estimate of drug-likeness (QED) is 0.825. The van der Waals surface area contributed by atoms with Gasteiger partial charge in [-0.25, -0.2) is 9.37 Å². The van der Waals surface area contributed by atoms with E-state index in [1.54, 1.807) is 6.07 Å². The molecular formula is C16H17BrFN3. The van der Waals surface area contributed by atoms with E-state index in [0.717, 1.165) is 42.0 Å². The molecule has 3 rings (SSSR count). The summed E-state index contributed by atoms with van der Waals surface area (Å²) in [6.07, 6.45) is 1.82. The molecule has 0 unspecified atom stereocenters. The zero-order valence-electron chi connectivity index (χ0n) is 11.9. The number of aromatic nitrogens is 1. The largest absolute Gasteiger partial charge is 0.366 e. The molecule has 1 fully saturated rings. The lowest BCUT2D eigenvalue weighted by Crippen LogP contribution is -2.47. The van der Waals surface area contributed by atoms with Crippen LogP contribution in [-0.4, -0.2) is 31.2 Å². The third-order valence-electron chi connectivity index (χ3n) is 3.79. The highest BCUT2D eigenvalue weighted by molar-refractivity contribution is 9.10. The highest BCUT2D eigenvalue weighted by atomic mass is 79.9. The summed E-state index contributed by atoms with van der Waals surface area (Å²) >= 11 is 3.44. The first-order valence-corrected chi connectivity index (χ1v) is 7.81. The molecule has 5 heteroatoms. The van der Waals surface area contributed by atoms with Crippen LogP contribution < -0.4 is 9.80 Å². The zero-order valence-corrected chi connectivity index (χ0v) is 13.5. The molecule has 1 aliphatic rings. The van der Waals surface area contributed by atoms with E-state index in [9.17, 15) is 4.39 Å². The Kier molecular flexibility index (Phi) is 4.10. The van der Waals surface area contributed by atoms with Gasteiger partial charge in [0.05, 0.1) is 5.69 Å². The Balaban J connectivity index is 1.72. The Morgan fingerprint density at radius 2 is 1.76 bits per heavy atom. The van der Waals surface area contributed by atoms with Crippen LogP contribution in [0.1, 0.15) is 5.56 Å². The normalized spacial score (nSPS) is 15.4. The Morgan fingerprint density at radius 1 is 1.10 bits per heavy atom. The highest BCUT2D eigenvalue weighted by Crippen LogP contribution is 2.24.